The Morgan fingerprint density at radius 2 is 1.92 bits per heavy atom. The van der Waals surface area contributed by atoms with E-state index in [0.717, 1.165) is 19.3 Å². The molecule has 0 aliphatic rings. The van der Waals surface area contributed by atoms with Crippen molar-refractivity contribution < 1.29 is 13.2 Å². The van der Waals surface area contributed by atoms with Crippen LogP contribution in [0.3, 0.4) is 0 Å². The highest BCUT2D eigenvalue weighted by atomic mass is 19.4. The standard InChI is InChI=1S/C8H16F3N/c1-3-4-5-7(2)12-6-8(9,10)11/h7,12H,3-6H2,1-2H3. The maximum Gasteiger partial charge on any atom is 0.401 e. The zero-order chi connectivity index (χ0) is 9.61. The lowest BCUT2D eigenvalue weighted by molar-refractivity contribution is -0.126. The molecule has 0 aromatic carbocycles. The lowest BCUT2D eigenvalue weighted by atomic mass is 10.1. The molecular formula is C8H16F3N. The summed E-state index contributed by atoms with van der Waals surface area (Å²) in [6.45, 7) is 2.93. The van der Waals surface area contributed by atoms with Gasteiger partial charge >= 0.3 is 6.18 Å². The molecule has 1 N–H and O–H groups in total. The molecule has 0 amide bonds. The topological polar surface area (TPSA) is 12.0 Å². The lowest BCUT2D eigenvalue weighted by Crippen LogP contribution is -2.35. The monoisotopic (exact) mass is 183 g/mol. The molecule has 1 unspecified atom stereocenters. The van der Waals surface area contributed by atoms with Gasteiger partial charge in [0.2, 0.25) is 0 Å². The number of hydrogen-bond acceptors (Lipinski definition) is 1. The maximum atomic E-state index is 11.7. The summed E-state index contributed by atoms with van der Waals surface area (Å²) in [5.74, 6) is 0. The quantitative estimate of drug-likeness (QED) is 0.691. The van der Waals surface area contributed by atoms with E-state index in [0.29, 0.717) is 0 Å². The molecule has 0 aliphatic heterocycles. The minimum absolute atomic E-state index is 0.0356. The van der Waals surface area contributed by atoms with Gasteiger partial charge in [-0.15, -0.1) is 0 Å². The molecule has 0 rings (SSSR count). The van der Waals surface area contributed by atoms with Crippen LogP contribution in [0.25, 0.3) is 0 Å². The first-order valence-corrected chi connectivity index (χ1v) is 4.26. The van der Waals surface area contributed by atoms with Crippen LogP contribution in [0.4, 0.5) is 13.2 Å². The van der Waals surface area contributed by atoms with Crippen LogP contribution in [-0.4, -0.2) is 18.8 Å². The van der Waals surface area contributed by atoms with Gasteiger partial charge in [-0.25, -0.2) is 0 Å². The van der Waals surface area contributed by atoms with Gasteiger partial charge in [-0.05, 0) is 13.3 Å². The van der Waals surface area contributed by atoms with E-state index < -0.39 is 12.7 Å². The summed E-state index contributed by atoms with van der Waals surface area (Å²) < 4.78 is 35.0. The smallest absolute Gasteiger partial charge is 0.306 e. The summed E-state index contributed by atoms with van der Waals surface area (Å²) in [5, 5.41) is 2.43. The number of alkyl halides is 3. The molecule has 12 heavy (non-hydrogen) atoms. The van der Waals surface area contributed by atoms with E-state index in [1.807, 2.05) is 6.92 Å². The second-order valence-corrected chi connectivity index (χ2v) is 3.04. The van der Waals surface area contributed by atoms with Crippen molar-refractivity contribution in [3.05, 3.63) is 0 Å². The number of unbranched alkanes of at least 4 members (excludes halogenated alkanes) is 1. The van der Waals surface area contributed by atoms with Gasteiger partial charge in [0.1, 0.15) is 0 Å². The predicted molar refractivity (Wildman–Crippen MR) is 43.0 cm³/mol. The van der Waals surface area contributed by atoms with Crippen LogP contribution < -0.4 is 5.32 Å². The van der Waals surface area contributed by atoms with Gasteiger partial charge in [0.25, 0.3) is 0 Å². The summed E-state index contributed by atoms with van der Waals surface area (Å²) in [5.41, 5.74) is 0. The molecule has 0 saturated carbocycles. The molecule has 0 spiro atoms. The molecule has 1 nitrogen and oxygen atoms in total. The Bertz CT molecular complexity index is 111. The first kappa shape index (κ1) is 11.8. The number of hydrogen-bond donors (Lipinski definition) is 1. The fourth-order valence-corrected chi connectivity index (χ4v) is 0.902. The number of rotatable bonds is 5. The normalized spacial score (nSPS) is 14.8. The van der Waals surface area contributed by atoms with Crippen molar-refractivity contribution in [1.82, 2.24) is 5.32 Å². The van der Waals surface area contributed by atoms with Gasteiger partial charge in [0.15, 0.2) is 0 Å². The zero-order valence-corrected chi connectivity index (χ0v) is 7.54. The molecule has 4 heteroatoms. The lowest BCUT2D eigenvalue weighted by Gasteiger charge is -2.14. The van der Waals surface area contributed by atoms with Crippen LogP contribution >= 0.6 is 0 Å². The molecule has 0 radical (unpaired) electrons. The summed E-state index contributed by atoms with van der Waals surface area (Å²) in [6, 6.07) is -0.0356. The summed E-state index contributed by atoms with van der Waals surface area (Å²) >= 11 is 0. The predicted octanol–water partition coefficient (Wildman–Crippen LogP) is 2.72. The Labute approximate surface area is 71.3 Å². The molecule has 0 fully saturated rings. The average Bonchev–Trinajstić information content (AvgIpc) is 1.95. The van der Waals surface area contributed by atoms with E-state index in [-0.39, 0.29) is 6.04 Å². The molecule has 0 aromatic rings. The van der Waals surface area contributed by atoms with Crippen molar-refractivity contribution in [3.63, 3.8) is 0 Å². The van der Waals surface area contributed by atoms with E-state index in [4.69, 9.17) is 0 Å². The molecule has 74 valence electrons. The van der Waals surface area contributed by atoms with Crippen LogP contribution in [0.15, 0.2) is 0 Å². The van der Waals surface area contributed by atoms with Gasteiger partial charge in [-0.2, -0.15) is 13.2 Å². The summed E-state index contributed by atoms with van der Waals surface area (Å²) in [6.07, 6.45) is -1.27. The largest absolute Gasteiger partial charge is 0.401 e. The second kappa shape index (κ2) is 5.41. The van der Waals surface area contributed by atoms with Gasteiger partial charge in [-0.3, -0.25) is 0 Å². The zero-order valence-electron chi connectivity index (χ0n) is 7.54. The first-order chi connectivity index (χ1) is 5.45. The van der Waals surface area contributed by atoms with Gasteiger partial charge < -0.3 is 5.32 Å². The van der Waals surface area contributed by atoms with E-state index in [1.54, 1.807) is 6.92 Å². The Hall–Kier alpha value is -0.250. The van der Waals surface area contributed by atoms with Crippen molar-refractivity contribution in [3.8, 4) is 0 Å². The van der Waals surface area contributed by atoms with E-state index >= 15 is 0 Å². The molecule has 0 bridgehead atoms. The van der Waals surface area contributed by atoms with E-state index in [9.17, 15) is 13.2 Å². The average molecular weight is 183 g/mol. The minimum Gasteiger partial charge on any atom is -0.306 e. The highest BCUT2D eigenvalue weighted by Gasteiger charge is 2.26. The van der Waals surface area contributed by atoms with Gasteiger partial charge in [-0.1, -0.05) is 19.8 Å². The molecule has 0 aromatic heterocycles. The Kier molecular flexibility index (Phi) is 5.29. The Morgan fingerprint density at radius 3 is 2.33 bits per heavy atom. The van der Waals surface area contributed by atoms with Crippen molar-refractivity contribution in [2.24, 2.45) is 0 Å². The van der Waals surface area contributed by atoms with Crippen LogP contribution in [0.1, 0.15) is 33.1 Å². The minimum atomic E-state index is -4.08. The summed E-state index contributed by atoms with van der Waals surface area (Å²) in [7, 11) is 0. The molecular weight excluding hydrogens is 167 g/mol. The number of halogens is 3. The maximum absolute atomic E-state index is 11.7. The van der Waals surface area contributed by atoms with Crippen LogP contribution in [0, 0.1) is 0 Å². The van der Waals surface area contributed by atoms with Gasteiger partial charge in [0.05, 0.1) is 6.54 Å². The first-order valence-electron chi connectivity index (χ1n) is 4.26. The fraction of sp³-hybridized carbons (Fsp3) is 1.00. The third kappa shape index (κ3) is 7.85. The van der Waals surface area contributed by atoms with Crippen LogP contribution in [0.2, 0.25) is 0 Å². The number of nitrogens with one attached hydrogen (secondary N) is 1. The van der Waals surface area contributed by atoms with Crippen molar-refractivity contribution in [1.29, 1.82) is 0 Å². The molecule has 0 aliphatic carbocycles. The Morgan fingerprint density at radius 1 is 1.33 bits per heavy atom. The van der Waals surface area contributed by atoms with Crippen molar-refractivity contribution in [2.45, 2.75) is 45.3 Å². The molecule has 0 heterocycles. The third-order valence-corrected chi connectivity index (χ3v) is 1.64. The van der Waals surface area contributed by atoms with Crippen molar-refractivity contribution >= 4 is 0 Å². The summed E-state index contributed by atoms with van der Waals surface area (Å²) in [4.78, 5) is 0. The second-order valence-electron chi connectivity index (χ2n) is 3.04. The fourth-order valence-electron chi connectivity index (χ4n) is 0.902. The van der Waals surface area contributed by atoms with E-state index in [1.165, 1.54) is 0 Å². The van der Waals surface area contributed by atoms with Gasteiger partial charge in [0, 0.05) is 6.04 Å². The highest BCUT2D eigenvalue weighted by molar-refractivity contribution is 4.63. The SMILES string of the molecule is CCCCC(C)NCC(F)(F)F. The van der Waals surface area contributed by atoms with Crippen LogP contribution in [0.5, 0.6) is 0 Å². The van der Waals surface area contributed by atoms with E-state index in [2.05, 4.69) is 5.32 Å². The highest BCUT2D eigenvalue weighted by Crippen LogP contribution is 2.13. The van der Waals surface area contributed by atoms with Crippen molar-refractivity contribution in [2.75, 3.05) is 6.54 Å². The Balaban J connectivity index is 3.37. The molecule has 0 saturated heterocycles. The molecule has 1 atom stereocenters. The third-order valence-electron chi connectivity index (χ3n) is 1.64. The van der Waals surface area contributed by atoms with Crippen LogP contribution in [-0.2, 0) is 0 Å².